The Hall–Kier alpha value is -3.98. The van der Waals surface area contributed by atoms with E-state index in [2.05, 4.69) is 23.2 Å². The van der Waals surface area contributed by atoms with Gasteiger partial charge in [-0.15, -0.1) is 0 Å². The average Bonchev–Trinajstić information content (AvgIpc) is 3.56. The highest BCUT2D eigenvalue weighted by Crippen LogP contribution is 2.32. The van der Waals surface area contributed by atoms with Crippen LogP contribution >= 0.6 is 0 Å². The third-order valence-electron chi connectivity index (χ3n) is 6.87. The quantitative estimate of drug-likeness (QED) is 0.369. The van der Waals surface area contributed by atoms with Crippen molar-refractivity contribution in [1.29, 1.82) is 0 Å². The van der Waals surface area contributed by atoms with Crippen LogP contribution in [0.25, 0.3) is 10.9 Å². The van der Waals surface area contributed by atoms with Gasteiger partial charge in [-0.3, -0.25) is 4.79 Å². The number of fused-ring (bicyclic) bond motifs is 1. The second kappa shape index (κ2) is 9.48. The Morgan fingerprint density at radius 1 is 0.973 bits per heavy atom. The topological polar surface area (TPSA) is 101 Å². The number of amides is 1. The van der Waals surface area contributed by atoms with Gasteiger partial charge in [0, 0.05) is 47.7 Å². The van der Waals surface area contributed by atoms with Crippen LogP contribution in [-0.4, -0.2) is 43.6 Å². The fraction of sp³-hybridized carbons (Fsp3) is 0.250. The van der Waals surface area contributed by atoms with E-state index in [1.165, 1.54) is 37.1 Å². The number of methoxy groups -OCH3 is 1. The van der Waals surface area contributed by atoms with Crippen LogP contribution in [0, 0.1) is 13.8 Å². The van der Waals surface area contributed by atoms with Gasteiger partial charge in [0.15, 0.2) is 11.5 Å². The van der Waals surface area contributed by atoms with Crippen LogP contribution in [0.3, 0.4) is 0 Å². The zero-order valence-electron chi connectivity index (χ0n) is 21.0. The first-order valence-electron chi connectivity index (χ1n) is 12.1. The first kappa shape index (κ1) is 24.7. The third kappa shape index (κ3) is 4.51. The second-order valence-corrected chi connectivity index (χ2v) is 11.1. The monoisotopic (exact) mass is 519 g/mol. The van der Waals surface area contributed by atoms with Crippen molar-refractivity contribution in [1.82, 2.24) is 3.97 Å². The van der Waals surface area contributed by atoms with Crippen molar-refractivity contribution < 1.29 is 23.1 Å². The lowest BCUT2D eigenvalue weighted by Gasteiger charge is -2.22. The molecule has 37 heavy (non-hydrogen) atoms. The van der Waals surface area contributed by atoms with Gasteiger partial charge in [0.2, 0.25) is 0 Å². The van der Waals surface area contributed by atoms with E-state index in [9.17, 15) is 18.3 Å². The maximum atomic E-state index is 13.4. The summed E-state index contributed by atoms with van der Waals surface area (Å²) < 4.78 is 33.0. The van der Waals surface area contributed by atoms with Gasteiger partial charge in [0.1, 0.15) is 0 Å². The molecule has 0 atom stereocenters. The van der Waals surface area contributed by atoms with E-state index in [0.29, 0.717) is 16.5 Å². The lowest BCUT2D eigenvalue weighted by Crippen LogP contribution is -2.20. The second-order valence-electron chi connectivity index (χ2n) is 9.33. The maximum absolute atomic E-state index is 13.4. The maximum Gasteiger partial charge on any atom is 0.268 e. The molecule has 0 unspecified atom stereocenters. The van der Waals surface area contributed by atoms with Gasteiger partial charge in [-0.1, -0.05) is 12.1 Å². The molecule has 0 spiro atoms. The largest absolute Gasteiger partial charge is 0.504 e. The number of carbonyl (C=O) groups excluding carboxylic acids is 1. The van der Waals surface area contributed by atoms with Gasteiger partial charge in [0.05, 0.1) is 17.5 Å². The molecule has 2 N–H and O–H groups in total. The number of aromatic hydroxyl groups is 1. The van der Waals surface area contributed by atoms with Gasteiger partial charge in [-0.05, 0) is 74.2 Å². The summed E-state index contributed by atoms with van der Waals surface area (Å²) in [6.07, 6.45) is 3.77. The zero-order valence-corrected chi connectivity index (χ0v) is 21.8. The lowest BCUT2D eigenvalue weighted by atomic mass is 10.1. The smallest absolute Gasteiger partial charge is 0.268 e. The predicted octanol–water partition coefficient (Wildman–Crippen LogP) is 5.06. The number of phenolic OH excluding ortho intramolecular Hbond substituents is 1. The Morgan fingerprint density at radius 3 is 2.46 bits per heavy atom. The van der Waals surface area contributed by atoms with Crippen molar-refractivity contribution in [3.63, 3.8) is 0 Å². The number of benzene rings is 3. The minimum Gasteiger partial charge on any atom is -0.504 e. The van der Waals surface area contributed by atoms with Crippen LogP contribution in [-0.2, 0) is 10.0 Å². The van der Waals surface area contributed by atoms with Crippen molar-refractivity contribution in [2.24, 2.45) is 0 Å². The number of nitrogens with one attached hydrogen (secondary N) is 1. The Labute approximate surface area is 216 Å². The van der Waals surface area contributed by atoms with Crippen molar-refractivity contribution in [2.45, 2.75) is 31.6 Å². The highest BCUT2D eigenvalue weighted by Gasteiger charge is 2.22. The summed E-state index contributed by atoms with van der Waals surface area (Å²) in [6.45, 7) is 6.06. The van der Waals surface area contributed by atoms with Gasteiger partial charge in [-0.2, -0.15) is 0 Å². The number of carbonyl (C=O) groups is 1. The van der Waals surface area contributed by atoms with E-state index in [1.807, 2.05) is 13.0 Å². The molecule has 1 fully saturated rings. The number of rotatable bonds is 6. The highest BCUT2D eigenvalue weighted by molar-refractivity contribution is 7.90. The molecular formula is C28H29N3O5S. The molecule has 1 aliphatic rings. The normalized spacial score (nSPS) is 13.8. The van der Waals surface area contributed by atoms with E-state index in [0.717, 1.165) is 46.8 Å². The number of hydrogen-bond donors (Lipinski definition) is 2. The lowest BCUT2D eigenvalue weighted by molar-refractivity contribution is 0.102. The number of ether oxygens (including phenoxy) is 1. The van der Waals surface area contributed by atoms with Gasteiger partial charge in [0.25, 0.3) is 15.9 Å². The van der Waals surface area contributed by atoms with Crippen LogP contribution < -0.4 is 15.0 Å². The zero-order chi connectivity index (χ0) is 26.3. The number of aryl methyl sites for hydroxylation is 2. The number of anilines is 2. The van der Waals surface area contributed by atoms with Crippen molar-refractivity contribution in [3.8, 4) is 11.5 Å². The predicted molar refractivity (Wildman–Crippen MR) is 144 cm³/mol. The van der Waals surface area contributed by atoms with Crippen molar-refractivity contribution >= 4 is 38.2 Å². The molecule has 1 aromatic heterocycles. The van der Waals surface area contributed by atoms with Crippen molar-refractivity contribution in [2.75, 3.05) is 30.4 Å². The van der Waals surface area contributed by atoms with Gasteiger partial charge in [-0.25, -0.2) is 12.4 Å². The molecule has 1 saturated heterocycles. The van der Waals surface area contributed by atoms with E-state index in [-0.39, 0.29) is 22.3 Å². The summed E-state index contributed by atoms with van der Waals surface area (Å²) in [4.78, 5) is 15.6. The van der Waals surface area contributed by atoms with E-state index < -0.39 is 10.0 Å². The molecule has 0 radical (unpaired) electrons. The summed E-state index contributed by atoms with van der Waals surface area (Å²) in [7, 11) is -2.66. The highest BCUT2D eigenvalue weighted by atomic mass is 32.2. The van der Waals surface area contributed by atoms with Gasteiger partial charge >= 0.3 is 0 Å². The fourth-order valence-corrected chi connectivity index (χ4v) is 6.22. The molecule has 4 aromatic rings. The first-order valence-corrected chi connectivity index (χ1v) is 13.5. The van der Waals surface area contributed by atoms with Crippen LogP contribution in [0.1, 0.15) is 34.3 Å². The molecular weight excluding hydrogens is 490 g/mol. The Balaban J connectivity index is 1.48. The Bertz CT molecular complexity index is 1620. The molecule has 2 heterocycles. The molecule has 9 heteroatoms. The molecule has 192 valence electrons. The van der Waals surface area contributed by atoms with Crippen LogP contribution in [0.5, 0.6) is 11.5 Å². The number of aromatic nitrogens is 1. The summed E-state index contributed by atoms with van der Waals surface area (Å²) in [5.41, 5.74) is 4.71. The Morgan fingerprint density at radius 2 is 1.73 bits per heavy atom. The van der Waals surface area contributed by atoms with Gasteiger partial charge < -0.3 is 20.1 Å². The fourth-order valence-electron chi connectivity index (χ4n) is 4.86. The molecule has 0 bridgehead atoms. The van der Waals surface area contributed by atoms with Crippen LogP contribution in [0.15, 0.2) is 65.7 Å². The number of hydrogen-bond acceptors (Lipinski definition) is 6. The Kier molecular flexibility index (Phi) is 6.33. The number of phenols is 1. The minimum atomic E-state index is -4.01. The third-order valence-corrected chi connectivity index (χ3v) is 8.55. The average molecular weight is 520 g/mol. The molecule has 0 saturated carbocycles. The standard InChI is InChI=1S/C28H29N3O5S/c1-18-14-19(2)24(30-11-4-5-12-30)17-23(18)29-28(33)21-7-6-20-10-13-31(25(20)15-21)37(34,35)22-8-9-26(32)27(16-22)36-3/h6-10,13-17,32H,4-5,11-12H2,1-3H3,(H,29,33). The van der Waals surface area contributed by atoms with Crippen LogP contribution in [0.4, 0.5) is 11.4 Å². The summed E-state index contributed by atoms with van der Waals surface area (Å²) in [5.74, 6) is -0.422. The van der Waals surface area contributed by atoms with Crippen molar-refractivity contribution in [3.05, 3.63) is 77.5 Å². The van der Waals surface area contributed by atoms with Crippen LogP contribution in [0.2, 0.25) is 0 Å². The summed E-state index contributed by atoms with van der Waals surface area (Å²) >= 11 is 0. The van der Waals surface area contributed by atoms with E-state index in [4.69, 9.17) is 4.74 Å². The molecule has 0 aliphatic carbocycles. The molecule has 3 aromatic carbocycles. The first-order chi connectivity index (χ1) is 17.7. The summed E-state index contributed by atoms with van der Waals surface area (Å²) in [6, 6.07) is 14.6. The molecule has 1 amide bonds. The number of nitrogens with zero attached hydrogens (tertiary/aromatic N) is 2. The molecule has 1 aliphatic heterocycles. The van der Waals surface area contributed by atoms with E-state index in [1.54, 1.807) is 24.3 Å². The SMILES string of the molecule is COc1cc(S(=O)(=O)n2ccc3ccc(C(=O)Nc4cc(N5CCCC5)c(C)cc4C)cc32)ccc1O. The molecule has 8 nitrogen and oxygen atoms in total. The van der Waals surface area contributed by atoms with E-state index >= 15 is 0 Å². The molecule has 5 rings (SSSR count). The summed E-state index contributed by atoms with van der Waals surface area (Å²) in [5, 5.41) is 13.6. The minimum absolute atomic E-state index is 0.0424.